The van der Waals surface area contributed by atoms with Crippen LogP contribution in [-0.2, 0) is 21.3 Å². The molecule has 1 aromatic carbocycles. The van der Waals surface area contributed by atoms with Crippen LogP contribution in [0.1, 0.15) is 12.0 Å². The highest BCUT2D eigenvalue weighted by Gasteiger charge is 2.31. The Labute approximate surface area is 128 Å². The third kappa shape index (κ3) is 3.23. The summed E-state index contributed by atoms with van der Waals surface area (Å²) in [6.45, 7) is 1.78. The highest BCUT2D eigenvalue weighted by molar-refractivity contribution is 9.10. The van der Waals surface area contributed by atoms with Gasteiger partial charge in [-0.1, -0.05) is 6.07 Å². The molecule has 0 aliphatic carbocycles. The van der Waals surface area contributed by atoms with Crippen LogP contribution in [0.25, 0.3) is 0 Å². The van der Waals surface area contributed by atoms with Crippen LogP contribution in [0.4, 0.5) is 0 Å². The number of hydrogen-bond acceptors (Lipinski definition) is 4. The molecule has 1 saturated heterocycles. The summed E-state index contributed by atoms with van der Waals surface area (Å²) >= 11 is 3.36. The maximum absolute atomic E-state index is 12.6. The summed E-state index contributed by atoms with van der Waals surface area (Å²) in [6.07, 6.45) is 0.741. The molecule has 1 heterocycles. The number of rotatable bonds is 5. The van der Waals surface area contributed by atoms with E-state index < -0.39 is 10.0 Å². The second-order valence-corrected chi connectivity index (χ2v) is 7.65. The van der Waals surface area contributed by atoms with Gasteiger partial charge in [0.1, 0.15) is 0 Å². The predicted molar refractivity (Wildman–Crippen MR) is 81.1 cm³/mol. The van der Waals surface area contributed by atoms with Crippen LogP contribution in [0.2, 0.25) is 0 Å². The van der Waals surface area contributed by atoms with E-state index in [-0.39, 0.29) is 6.04 Å². The molecule has 1 aliphatic rings. The van der Waals surface area contributed by atoms with Gasteiger partial charge in [0.25, 0.3) is 0 Å². The molecule has 1 aliphatic heterocycles. The van der Waals surface area contributed by atoms with Crippen molar-refractivity contribution in [3.63, 3.8) is 0 Å². The van der Waals surface area contributed by atoms with Crippen molar-refractivity contribution in [2.75, 3.05) is 27.3 Å². The summed E-state index contributed by atoms with van der Waals surface area (Å²) in [5, 5.41) is 3.04. The number of nitrogens with zero attached hydrogens (tertiary/aromatic N) is 1. The van der Waals surface area contributed by atoms with Crippen molar-refractivity contribution in [2.45, 2.75) is 23.9 Å². The minimum Gasteiger partial charge on any atom is -0.380 e. The molecular weight excluding hydrogens is 344 g/mol. The van der Waals surface area contributed by atoms with E-state index in [0.717, 1.165) is 12.0 Å². The van der Waals surface area contributed by atoms with E-state index in [1.807, 2.05) is 19.2 Å². The van der Waals surface area contributed by atoms with Crippen LogP contribution in [0.15, 0.2) is 27.6 Å². The van der Waals surface area contributed by atoms with Gasteiger partial charge in [-0.3, -0.25) is 0 Å². The van der Waals surface area contributed by atoms with Gasteiger partial charge in [-0.2, -0.15) is 4.31 Å². The van der Waals surface area contributed by atoms with Crippen molar-refractivity contribution in [3.8, 4) is 0 Å². The van der Waals surface area contributed by atoms with Crippen LogP contribution in [-0.4, -0.2) is 46.1 Å². The molecule has 1 unspecified atom stereocenters. The van der Waals surface area contributed by atoms with Crippen molar-refractivity contribution < 1.29 is 13.2 Å². The molecule has 112 valence electrons. The number of hydrogen-bond donors (Lipinski definition) is 1. The van der Waals surface area contributed by atoms with Crippen LogP contribution in [0, 0.1) is 0 Å². The number of halogens is 1. The summed E-state index contributed by atoms with van der Waals surface area (Å²) < 4.78 is 32.5. The van der Waals surface area contributed by atoms with Gasteiger partial charge in [0.05, 0.1) is 17.5 Å². The molecular formula is C13H19BrN2O3S. The lowest BCUT2D eigenvalue weighted by Crippen LogP contribution is -2.37. The van der Waals surface area contributed by atoms with E-state index in [1.165, 1.54) is 4.31 Å². The topological polar surface area (TPSA) is 58.6 Å². The van der Waals surface area contributed by atoms with Crippen LogP contribution >= 0.6 is 15.9 Å². The molecule has 7 heteroatoms. The van der Waals surface area contributed by atoms with Gasteiger partial charge in [-0.25, -0.2) is 8.42 Å². The van der Waals surface area contributed by atoms with Gasteiger partial charge in [0.2, 0.25) is 10.0 Å². The summed E-state index contributed by atoms with van der Waals surface area (Å²) in [6, 6.07) is 5.23. The molecule has 1 N–H and O–H groups in total. The molecule has 1 atom stereocenters. The third-order valence-corrected chi connectivity index (χ3v) is 6.34. The molecule has 0 aromatic heterocycles. The lowest BCUT2D eigenvalue weighted by Gasteiger charge is -2.23. The summed E-state index contributed by atoms with van der Waals surface area (Å²) in [5.41, 5.74) is 1.03. The minimum atomic E-state index is -3.50. The smallest absolute Gasteiger partial charge is 0.244 e. The normalized spacial score (nSPS) is 19.7. The first-order valence-corrected chi connectivity index (χ1v) is 8.69. The first kappa shape index (κ1) is 15.9. The van der Waals surface area contributed by atoms with Crippen LogP contribution in [0.3, 0.4) is 0 Å². The zero-order valence-electron chi connectivity index (χ0n) is 11.6. The van der Waals surface area contributed by atoms with Crippen molar-refractivity contribution in [1.29, 1.82) is 0 Å². The highest BCUT2D eigenvalue weighted by atomic mass is 79.9. The zero-order valence-corrected chi connectivity index (χ0v) is 14.0. The van der Waals surface area contributed by atoms with Crippen molar-refractivity contribution in [1.82, 2.24) is 9.62 Å². The molecule has 0 spiro atoms. The van der Waals surface area contributed by atoms with Crippen molar-refractivity contribution in [3.05, 3.63) is 28.2 Å². The first-order chi connectivity index (χ1) is 9.46. The Morgan fingerprint density at radius 1 is 1.50 bits per heavy atom. The molecule has 0 amide bonds. The minimum absolute atomic E-state index is 0.0797. The fourth-order valence-corrected chi connectivity index (χ4v) is 4.68. The molecule has 2 rings (SSSR count). The highest BCUT2D eigenvalue weighted by Crippen LogP contribution is 2.28. The lowest BCUT2D eigenvalue weighted by molar-refractivity contribution is 0.181. The van der Waals surface area contributed by atoms with Crippen molar-refractivity contribution >= 4 is 26.0 Å². The number of nitrogens with one attached hydrogen (secondary N) is 1. The quantitative estimate of drug-likeness (QED) is 0.863. The Morgan fingerprint density at radius 3 is 2.80 bits per heavy atom. The molecule has 0 saturated carbocycles. The van der Waals surface area contributed by atoms with Crippen molar-refractivity contribution in [2.24, 2.45) is 0 Å². The number of likely N-dealkylation sites (N-methyl/N-ethyl adjacent to an activating group) is 1. The van der Waals surface area contributed by atoms with E-state index >= 15 is 0 Å². The lowest BCUT2D eigenvalue weighted by atomic mass is 10.2. The number of sulfonamides is 1. The maximum Gasteiger partial charge on any atom is 0.244 e. The molecule has 0 bridgehead atoms. The van der Waals surface area contributed by atoms with Crippen LogP contribution < -0.4 is 5.32 Å². The molecule has 1 aromatic rings. The standard InChI is InChI=1S/C13H19BrN2O3S/c1-15-8-10-3-4-13(12(14)7-10)20(17,18)16(2)11-5-6-19-9-11/h3-4,7,11,15H,5-6,8-9H2,1-2H3. The Hall–Kier alpha value is -0.470. The van der Waals surface area contributed by atoms with E-state index in [2.05, 4.69) is 21.2 Å². The van der Waals surface area contributed by atoms with Crippen LogP contribution in [0.5, 0.6) is 0 Å². The molecule has 0 radical (unpaired) electrons. The molecule has 1 fully saturated rings. The summed E-state index contributed by atoms with van der Waals surface area (Å²) in [7, 11) is -0.0314. The number of benzene rings is 1. The fourth-order valence-electron chi connectivity index (χ4n) is 2.23. The SMILES string of the molecule is CNCc1ccc(S(=O)(=O)N(C)C2CCOC2)c(Br)c1. The van der Waals surface area contributed by atoms with E-state index in [4.69, 9.17) is 4.74 Å². The van der Waals surface area contributed by atoms with E-state index in [1.54, 1.807) is 13.1 Å². The average Bonchev–Trinajstić information content (AvgIpc) is 2.91. The Kier molecular flexibility index (Phi) is 5.19. The first-order valence-electron chi connectivity index (χ1n) is 6.45. The molecule has 20 heavy (non-hydrogen) atoms. The van der Waals surface area contributed by atoms with Gasteiger partial charge in [0.15, 0.2) is 0 Å². The van der Waals surface area contributed by atoms with Gasteiger partial charge in [0, 0.05) is 24.7 Å². The second-order valence-electron chi connectivity index (χ2n) is 4.83. The third-order valence-electron chi connectivity index (χ3n) is 3.45. The van der Waals surface area contributed by atoms with Gasteiger partial charge >= 0.3 is 0 Å². The maximum atomic E-state index is 12.6. The van der Waals surface area contributed by atoms with Gasteiger partial charge in [-0.15, -0.1) is 0 Å². The fraction of sp³-hybridized carbons (Fsp3) is 0.538. The average molecular weight is 363 g/mol. The number of ether oxygens (including phenoxy) is 1. The van der Waals surface area contributed by atoms with E-state index in [9.17, 15) is 8.42 Å². The summed E-state index contributed by atoms with van der Waals surface area (Å²) in [5.74, 6) is 0. The zero-order chi connectivity index (χ0) is 14.8. The summed E-state index contributed by atoms with van der Waals surface area (Å²) in [4.78, 5) is 0.298. The molecule has 5 nitrogen and oxygen atoms in total. The monoisotopic (exact) mass is 362 g/mol. The van der Waals surface area contributed by atoms with E-state index in [0.29, 0.717) is 29.1 Å². The van der Waals surface area contributed by atoms with Gasteiger partial charge in [-0.05, 0) is 47.1 Å². The Balaban J connectivity index is 2.29. The predicted octanol–water partition coefficient (Wildman–Crippen LogP) is 1.58. The largest absolute Gasteiger partial charge is 0.380 e. The second kappa shape index (κ2) is 6.53. The Morgan fingerprint density at radius 2 is 2.25 bits per heavy atom. The Bertz CT molecular complexity index is 571. The van der Waals surface area contributed by atoms with Gasteiger partial charge < -0.3 is 10.1 Å².